The van der Waals surface area contributed by atoms with E-state index >= 15 is 0 Å². The number of amides is 3. The fourth-order valence-corrected chi connectivity index (χ4v) is 5.04. The number of carbonyl (C=O) groups excluding carboxylic acids is 2. The number of fused-ring (bicyclic) bond motifs is 1. The summed E-state index contributed by atoms with van der Waals surface area (Å²) in [5.41, 5.74) is -0.0766. The van der Waals surface area contributed by atoms with Crippen molar-refractivity contribution in [2.45, 2.75) is 12.0 Å². The molecule has 0 spiro atoms. The molecule has 0 bridgehead atoms. The van der Waals surface area contributed by atoms with Crippen LogP contribution in [0.3, 0.4) is 0 Å². The molecule has 10 heteroatoms. The third-order valence-electron chi connectivity index (χ3n) is 5.54. The predicted octanol–water partition coefficient (Wildman–Crippen LogP) is 3.91. The number of carboxylic acids is 1. The van der Waals surface area contributed by atoms with Gasteiger partial charge >= 0.3 is 12.0 Å². The highest BCUT2D eigenvalue weighted by molar-refractivity contribution is 9.10. The van der Waals surface area contributed by atoms with Gasteiger partial charge < -0.3 is 10.0 Å². The number of imide groups is 1. The van der Waals surface area contributed by atoms with Crippen LogP contribution < -0.4 is 4.90 Å². The largest absolute Gasteiger partial charge is 0.480 e. The molecule has 31 heavy (non-hydrogen) atoms. The molecule has 2 aliphatic heterocycles. The highest BCUT2D eigenvalue weighted by Crippen LogP contribution is 2.39. The highest BCUT2D eigenvalue weighted by atomic mass is 79.9. The van der Waals surface area contributed by atoms with Crippen molar-refractivity contribution in [2.24, 2.45) is 0 Å². The third-order valence-corrected chi connectivity index (χ3v) is 6.50. The van der Waals surface area contributed by atoms with E-state index in [0.29, 0.717) is 22.3 Å². The zero-order chi connectivity index (χ0) is 22.3. The number of rotatable bonds is 5. The van der Waals surface area contributed by atoms with Crippen LogP contribution in [0.2, 0.25) is 10.0 Å². The molecule has 1 unspecified atom stereocenters. The number of hydrogen-bond acceptors (Lipinski definition) is 4. The van der Waals surface area contributed by atoms with Gasteiger partial charge in [0.1, 0.15) is 5.54 Å². The van der Waals surface area contributed by atoms with Crippen molar-refractivity contribution < 1.29 is 19.5 Å². The summed E-state index contributed by atoms with van der Waals surface area (Å²) in [5, 5.41) is 9.88. The van der Waals surface area contributed by atoms with Gasteiger partial charge in [-0.05, 0) is 35.9 Å². The molecule has 1 atom stereocenters. The number of carbonyl (C=O) groups is 3. The van der Waals surface area contributed by atoms with E-state index in [2.05, 4.69) is 15.9 Å². The molecule has 0 radical (unpaired) electrons. The Hall–Kier alpha value is -2.13. The molecule has 2 aromatic rings. The lowest BCUT2D eigenvalue weighted by molar-refractivity contribution is -0.141. The van der Waals surface area contributed by atoms with Gasteiger partial charge in [0.25, 0.3) is 5.91 Å². The van der Waals surface area contributed by atoms with Crippen molar-refractivity contribution >= 4 is 62.7 Å². The molecule has 3 amide bonds. The van der Waals surface area contributed by atoms with Crippen LogP contribution in [-0.2, 0) is 16.0 Å². The van der Waals surface area contributed by atoms with Crippen molar-refractivity contribution in [1.29, 1.82) is 0 Å². The molecule has 4 rings (SSSR count). The van der Waals surface area contributed by atoms with Crippen LogP contribution >= 0.6 is 39.1 Å². The SMILES string of the molecule is O=C(O)CN1CCN2C(=O)N(c3cc(Cl)cc(Cl)c3)C(=O)C2(Cc2ccc(Br)cc2)C1. The van der Waals surface area contributed by atoms with Gasteiger partial charge in [-0.2, -0.15) is 0 Å². The Morgan fingerprint density at radius 2 is 1.71 bits per heavy atom. The topological polar surface area (TPSA) is 81.2 Å². The van der Waals surface area contributed by atoms with Crippen molar-refractivity contribution in [2.75, 3.05) is 31.1 Å². The Labute approximate surface area is 197 Å². The summed E-state index contributed by atoms with van der Waals surface area (Å²) in [4.78, 5) is 42.8. The van der Waals surface area contributed by atoms with E-state index in [0.717, 1.165) is 14.9 Å². The smallest absolute Gasteiger partial charge is 0.332 e. The van der Waals surface area contributed by atoms with Crippen LogP contribution in [0.4, 0.5) is 10.5 Å². The maximum absolute atomic E-state index is 13.8. The first-order valence-corrected chi connectivity index (χ1v) is 11.1. The Morgan fingerprint density at radius 1 is 1.06 bits per heavy atom. The number of carboxylic acid groups (broad SMARTS) is 1. The number of benzene rings is 2. The Morgan fingerprint density at radius 3 is 2.32 bits per heavy atom. The van der Waals surface area contributed by atoms with E-state index in [1.807, 2.05) is 24.3 Å². The predicted molar refractivity (Wildman–Crippen MR) is 121 cm³/mol. The van der Waals surface area contributed by atoms with Crippen LogP contribution in [0.15, 0.2) is 46.9 Å². The van der Waals surface area contributed by atoms with Gasteiger partial charge in [-0.15, -0.1) is 0 Å². The molecule has 0 aliphatic carbocycles. The van der Waals surface area contributed by atoms with Gasteiger partial charge in [0.2, 0.25) is 0 Å². The van der Waals surface area contributed by atoms with Crippen LogP contribution in [0.25, 0.3) is 0 Å². The Balaban J connectivity index is 1.77. The summed E-state index contributed by atoms with van der Waals surface area (Å²) >= 11 is 15.6. The molecule has 2 saturated heterocycles. The zero-order valence-electron chi connectivity index (χ0n) is 16.2. The number of aliphatic carboxylic acids is 1. The molecule has 0 aromatic heterocycles. The number of halogens is 3. The van der Waals surface area contributed by atoms with E-state index < -0.39 is 23.4 Å². The first kappa shape index (κ1) is 22.1. The first-order chi connectivity index (χ1) is 14.7. The average molecular weight is 527 g/mol. The molecule has 1 N–H and O–H groups in total. The number of hydrogen-bond donors (Lipinski definition) is 1. The standard InChI is InChI=1S/C21H18BrCl2N3O4/c22-14-3-1-13(2-4-14)10-21-12-25(11-18(28)29)5-6-26(21)20(31)27(19(21)30)17-8-15(23)7-16(24)9-17/h1-4,7-9H,5-6,10-12H2,(H,28,29). The van der Waals surface area contributed by atoms with Gasteiger partial charge in [0.05, 0.1) is 12.2 Å². The maximum atomic E-state index is 13.8. The summed E-state index contributed by atoms with van der Waals surface area (Å²) < 4.78 is 0.894. The van der Waals surface area contributed by atoms with E-state index in [1.165, 1.54) is 18.2 Å². The zero-order valence-corrected chi connectivity index (χ0v) is 19.3. The minimum absolute atomic E-state index is 0.116. The molecule has 2 heterocycles. The number of anilines is 1. The molecule has 2 aliphatic rings. The quantitative estimate of drug-likeness (QED) is 0.597. The summed E-state index contributed by atoms with van der Waals surface area (Å²) in [5.74, 6) is -1.41. The van der Waals surface area contributed by atoms with E-state index in [1.54, 1.807) is 9.80 Å². The highest BCUT2D eigenvalue weighted by Gasteiger charge is 2.59. The lowest BCUT2D eigenvalue weighted by Crippen LogP contribution is -2.64. The minimum Gasteiger partial charge on any atom is -0.480 e. The summed E-state index contributed by atoms with van der Waals surface area (Å²) in [7, 11) is 0. The van der Waals surface area contributed by atoms with E-state index in [-0.39, 0.29) is 26.1 Å². The fraction of sp³-hybridized carbons (Fsp3) is 0.286. The second-order valence-corrected chi connectivity index (χ2v) is 9.43. The molecule has 2 fully saturated rings. The van der Waals surface area contributed by atoms with Gasteiger partial charge in [0.15, 0.2) is 0 Å². The first-order valence-electron chi connectivity index (χ1n) is 9.50. The van der Waals surface area contributed by atoms with Gasteiger partial charge in [-0.3, -0.25) is 14.5 Å². The van der Waals surface area contributed by atoms with Crippen molar-refractivity contribution in [3.8, 4) is 0 Å². The molecule has 162 valence electrons. The maximum Gasteiger partial charge on any atom is 0.332 e. The molecule has 2 aromatic carbocycles. The molecular formula is C21H18BrCl2N3O4. The molecular weight excluding hydrogens is 509 g/mol. The van der Waals surface area contributed by atoms with Crippen LogP contribution in [0, 0.1) is 0 Å². The van der Waals surface area contributed by atoms with Crippen molar-refractivity contribution in [3.05, 3.63) is 62.5 Å². The van der Waals surface area contributed by atoms with E-state index in [9.17, 15) is 19.5 Å². The second-order valence-electron chi connectivity index (χ2n) is 7.64. The third kappa shape index (κ3) is 4.17. The van der Waals surface area contributed by atoms with Crippen LogP contribution in [0.5, 0.6) is 0 Å². The van der Waals surface area contributed by atoms with Crippen LogP contribution in [-0.4, -0.2) is 64.5 Å². The summed E-state index contributed by atoms with van der Waals surface area (Å²) in [6.07, 6.45) is 0.256. The van der Waals surface area contributed by atoms with Crippen LogP contribution in [0.1, 0.15) is 5.56 Å². The Kier molecular flexibility index (Phi) is 6.00. The van der Waals surface area contributed by atoms with Crippen molar-refractivity contribution in [3.63, 3.8) is 0 Å². The van der Waals surface area contributed by atoms with Gasteiger partial charge in [0, 0.05) is 40.6 Å². The summed E-state index contributed by atoms with van der Waals surface area (Å²) in [6, 6.07) is 11.6. The van der Waals surface area contributed by atoms with E-state index in [4.69, 9.17) is 23.2 Å². The fourth-order valence-electron chi connectivity index (χ4n) is 4.26. The number of piperazine rings is 1. The average Bonchev–Trinajstić information content (AvgIpc) is 2.89. The number of urea groups is 1. The lowest BCUT2D eigenvalue weighted by atomic mass is 9.86. The normalized spacial score (nSPS) is 21.5. The van der Waals surface area contributed by atoms with Gasteiger partial charge in [-0.1, -0.05) is 51.3 Å². The monoisotopic (exact) mass is 525 g/mol. The summed E-state index contributed by atoms with van der Waals surface area (Å²) in [6.45, 7) is 0.502. The number of nitrogens with zero attached hydrogens (tertiary/aromatic N) is 3. The lowest BCUT2D eigenvalue weighted by Gasteiger charge is -2.44. The second kappa shape index (κ2) is 8.43. The minimum atomic E-state index is -1.23. The van der Waals surface area contributed by atoms with Gasteiger partial charge in [-0.25, -0.2) is 9.69 Å². The Bertz CT molecular complexity index is 1040. The molecule has 7 nitrogen and oxygen atoms in total. The molecule has 0 saturated carbocycles. The van der Waals surface area contributed by atoms with Crippen molar-refractivity contribution in [1.82, 2.24) is 9.80 Å².